The molecule has 1 aromatic heterocycles. The number of piperidine rings is 1. The van der Waals surface area contributed by atoms with E-state index in [9.17, 15) is 4.79 Å². The summed E-state index contributed by atoms with van der Waals surface area (Å²) in [5, 5.41) is 6.46. The van der Waals surface area contributed by atoms with Gasteiger partial charge >= 0.3 is 0 Å². The molecule has 3 rings (SSSR count). The highest BCUT2D eigenvalue weighted by molar-refractivity contribution is 5.82. The maximum Gasteiger partial charge on any atom is 0.237 e. The van der Waals surface area contributed by atoms with Crippen LogP contribution in [0.5, 0.6) is 0 Å². The lowest BCUT2D eigenvalue weighted by atomic mass is 10.0. The van der Waals surface area contributed by atoms with E-state index in [4.69, 9.17) is 0 Å². The quantitative estimate of drug-likeness (QED) is 0.864. The molecule has 2 saturated heterocycles. The van der Waals surface area contributed by atoms with Crippen molar-refractivity contribution in [2.45, 2.75) is 51.1 Å². The number of hydrogen-bond donors (Lipinski definition) is 2. The van der Waals surface area contributed by atoms with Gasteiger partial charge in [-0.25, -0.2) is 9.97 Å². The summed E-state index contributed by atoms with van der Waals surface area (Å²) in [6, 6.07) is 2.27. The van der Waals surface area contributed by atoms with E-state index in [1.807, 2.05) is 0 Å². The number of aryl methyl sites for hydroxylation is 1. The Kier molecular flexibility index (Phi) is 4.87. The van der Waals surface area contributed by atoms with Gasteiger partial charge in [-0.2, -0.15) is 0 Å². The van der Waals surface area contributed by atoms with Crippen LogP contribution in [0.2, 0.25) is 0 Å². The molecule has 2 N–H and O–H groups in total. The van der Waals surface area contributed by atoms with Gasteiger partial charge in [0.2, 0.25) is 5.91 Å². The highest BCUT2D eigenvalue weighted by Gasteiger charge is 2.27. The summed E-state index contributed by atoms with van der Waals surface area (Å²) in [4.78, 5) is 23.1. The van der Waals surface area contributed by atoms with E-state index < -0.39 is 0 Å². The highest BCUT2D eigenvalue weighted by atomic mass is 16.2. The first-order valence-electron chi connectivity index (χ1n) is 8.36. The van der Waals surface area contributed by atoms with E-state index in [-0.39, 0.29) is 18.0 Å². The summed E-state index contributed by atoms with van der Waals surface area (Å²) in [5.41, 5.74) is 1.06. The largest absolute Gasteiger partial charge is 0.354 e. The number of nitrogens with one attached hydrogen (secondary N) is 2. The van der Waals surface area contributed by atoms with Gasteiger partial charge in [-0.1, -0.05) is 6.92 Å². The summed E-state index contributed by atoms with van der Waals surface area (Å²) < 4.78 is 0. The van der Waals surface area contributed by atoms with Crippen molar-refractivity contribution in [3.8, 4) is 0 Å². The second-order valence-corrected chi connectivity index (χ2v) is 6.16. The molecule has 2 atom stereocenters. The minimum atomic E-state index is 0.00104. The van der Waals surface area contributed by atoms with Gasteiger partial charge < -0.3 is 15.5 Å². The van der Waals surface area contributed by atoms with E-state index in [2.05, 4.69) is 38.5 Å². The van der Waals surface area contributed by atoms with Crippen LogP contribution in [-0.4, -0.2) is 47.6 Å². The van der Waals surface area contributed by atoms with Gasteiger partial charge in [0.25, 0.3) is 0 Å². The van der Waals surface area contributed by atoms with Gasteiger partial charge in [0, 0.05) is 30.9 Å². The summed E-state index contributed by atoms with van der Waals surface area (Å²) in [7, 11) is 0. The maximum atomic E-state index is 12.2. The predicted molar refractivity (Wildman–Crippen MR) is 85.8 cm³/mol. The Morgan fingerprint density at radius 3 is 3.09 bits per heavy atom. The van der Waals surface area contributed by atoms with Crippen LogP contribution in [0.3, 0.4) is 0 Å². The van der Waals surface area contributed by atoms with Crippen molar-refractivity contribution < 1.29 is 4.79 Å². The number of nitrogens with zero attached hydrogens (tertiary/aromatic N) is 3. The van der Waals surface area contributed by atoms with Crippen LogP contribution < -0.4 is 15.5 Å². The van der Waals surface area contributed by atoms with Crippen LogP contribution in [0.1, 0.15) is 38.3 Å². The minimum Gasteiger partial charge on any atom is -0.354 e. The molecule has 6 heteroatoms. The second kappa shape index (κ2) is 7.05. The van der Waals surface area contributed by atoms with Crippen molar-refractivity contribution in [2.75, 3.05) is 24.5 Å². The number of carbonyl (C=O) groups excluding carboxylic acids is 1. The van der Waals surface area contributed by atoms with E-state index >= 15 is 0 Å². The summed E-state index contributed by atoms with van der Waals surface area (Å²) in [5.74, 6) is 1.13. The van der Waals surface area contributed by atoms with Crippen LogP contribution >= 0.6 is 0 Å². The third-order valence-electron chi connectivity index (χ3n) is 4.54. The predicted octanol–water partition coefficient (Wildman–Crippen LogP) is 0.876. The number of anilines is 1. The van der Waals surface area contributed by atoms with E-state index in [1.165, 1.54) is 0 Å². The van der Waals surface area contributed by atoms with Crippen molar-refractivity contribution >= 4 is 11.7 Å². The molecule has 2 aliphatic heterocycles. The Morgan fingerprint density at radius 1 is 1.41 bits per heavy atom. The monoisotopic (exact) mass is 303 g/mol. The Hall–Kier alpha value is -1.69. The third kappa shape index (κ3) is 3.55. The van der Waals surface area contributed by atoms with Crippen molar-refractivity contribution in [1.82, 2.24) is 20.6 Å². The molecule has 0 aliphatic carbocycles. The molecule has 6 nitrogen and oxygen atoms in total. The molecule has 2 fully saturated rings. The topological polar surface area (TPSA) is 70.2 Å². The molecule has 0 spiro atoms. The van der Waals surface area contributed by atoms with Crippen molar-refractivity contribution in [2.24, 2.45) is 0 Å². The number of aromatic nitrogens is 2. The summed E-state index contributed by atoms with van der Waals surface area (Å²) >= 11 is 0. The standard InChI is InChI=1S/C16H25N5O/c1-2-12-9-15(19-11-18-12)21-8-4-5-13(10-21)20-16(22)14-6-3-7-17-14/h9,11,13-14,17H,2-8,10H2,1H3,(H,20,22). The summed E-state index contributed by atoms with van der Waals surface area (Å²) in [6.07, 6.45) is 6.72. The molecule has 0 saturated carbocycles. The van der Waals surface area contributed by atoms with Crippen LogP contribution in [-0.2, 0) is 11.2 Å². The molecule has 1 aromatic rings. The zero-order valence-electron chi connectivity index (χ0n) is 13.2. The fraction of sp³-hybridized carbons (Fsp3) is 0.688. The van der Waals surface area contributed by atoms with Gasteiger partial charge in [-0.05, 0) is 38.6 Å². The molecule has 0 aromatic carbocycles. The first-order valence-corrected chi connectivity index (χ1v) is 8.36. The fourth-order valence-corrected chi connectivity index (χ4v) is 3.27. The SMILES string of the molecule is CCc1cc(N2CCCC(NC(=O)C3CCCN3)C2)ncn1. The Labute approximate surface area is 131 Å². The Balaban J connectivity index is 1.59. The number of rotatable bonds is 4. The lowest BCUT2D eigenvalue weighted by molar-refractivity contribution is -0.123. The third-order valence-corrected chi connectivity index (χ3v) is 4.54. The van der Waals surface area contributed by atoms with Crippen molar-refractivity contribution in [3.05, 3.63) is 18.1 Å². The summed E-state index contributed by atoms with van der Waals surface area (Å²) in [6.45, 7) is 4.88. The van der Waals surface area contributed by atoms with Crippen molar-refractivity contribution in [3.63, 3.8) is 0 Å². The molecular formula is C16H25N5O. The van der Waals surface area contributed by atoms with Gasteiger partial charge in [0.1, 0.15) is 12.1 Å². The Morgan fingerprint density at radius 2 is 2.32 bits per heavy atom. The lowest BCUT2D eigenvalue weighted by Gasteiger charge is -2.34. The van der Waals surface area contributed by atoms with Crippen LogP contribution in [0.15, 0.2) is 12.4 Å². The van der Waals surface area contributed by atoms with Crippen LogP contribution in [0.25, 0.3) is 0 Å². The normalized spacial score (nSPS) is 25.2. The van der Waals surface area contributed by atoms with E-state index in [1.54, 1.807) is 6.33 Å². The van der Waals surface area contributed by atoms with Crippen LogP contribution in [0.4, 0.5) is 5.82 Å². The number of carbonyl (C=O) groups is 1. The number of hydrogen-bond acceptors (Lipinski definition) is 5. The van der Waals surface area contributed by atoms with Gasteiger partial charge in [-0.3, -0.25) is 4.79 Å². The zero-order chi connectivity index (χ0) is 15.4. The average Bonchev–Trinajstić information content (AvgIpc) is 3.10. The zero-order valence-corrected chi connectivity index (χ0v) is 13.2. The van der Waals surface area contributed by atoms with Crippen LogP contribution in [0, 0.1) is 0 Å². The molecule has 2 unspecified atom stereocenters. The molecular weight excluding hydrogens is 278 g/mol. The molecule has 1 amide bonds. The molecule has 22 heavy (non-hydrogen) atoms. The molecule has 0 bridgehead atoms. The first kappa shape index (κ1) is 15.2. The molecule has 120 valence electrons. The van der Waals surface area contributed by atoms with Gasteiger partial charge in [-0.15, -0.1) is 0 Å². The Bertz CT molecular complexity index is 515. The van der Waals surface area contributed by atoms with Crippen molar-refractivity contribution in [1.29, 1.82) is 0 Å². The first-order chi connectivity index (χ1) is 10.8. The highest BCUT2D eigenvalue weighted by Crippen LogP contribution is 2.18. The smallest absolute Gasteiger partial charge is 0.237 e. The maximum absolute atomic E-state index is 12.2. The van der Waals surface area contributed by atoms with E-state index in [0.29, 0.717) is 0 Å². The average molecular weight is 303 g/mol. The lowest BCUT2D eigenvalue weighted by Crippen LogP contribution is -2.52. The fourth-order valence-electron chi connectivity index (χ4n) is 3.27. The molecule has 3 heterocycles. The van der Waals surface area contributed by atoms with Gasteiger partial charge in [0.05, 0.1) is 6.04 Å². The van der Waals surface area contributed by atoms with Gasteiger partial charge in [0.15, 0.2) is 0 Å². The molecule has 0 radical (unpaired) electrons. The molecule has 2 aliphatic rings. The van der Waals surface area contributed by atoms with E-state index in [0.717, 1.165) is 63.3 Å². The minimum absolute atomic E-state index is 0.00104. The number of amides is 1. The second-order valence-electron chi connectivity index (χ2n) is 6.16.